The number of carboxylic acid groups (broad SMARTS) is 1. The molecular weight excluding hydrogens is 350 g/mol. The zero-order valence-corrected chi connectivity index (χ0v) is 15.9. The third-order valence-corrected chi connectivity index (χ3v) is 3.88. The molecule has 2 atom stereocenters. The van der Waals surface area contributed by atoms with E-state index in [1.165, 1.54) is 18.4 Å². The minimum Gasteiger partial charge on any atom is -0.548 e. The van der Waals surface area contributed by atoms with Crippen LogP contribution in [0.3, 0.4) is 0 Å². The van der Waals surface area contributed by atoms with E-state index in [-0.39, 0.29) is 12.3 Å². The number of hydrogen-bond donors (Lipinski definition) is 3. The van der Waals surface area contributed by atoms with Crippen molar-refractivity contribution in [2.24, 2.45) is 5.92 Å². The van der Waals surface area contributed by atoms with Crippen LogP contribution in [0.5, 0.6) is 0 Å². The minimum atomic E-state index is -1.34. The zero-order chi connectivity index (χ0) is 20.2. The molecule has 0 radical (unpaired) electrons. The second-order valence-electron chi connectivity index (χ2n) is 6.77. The summed E-state index contributed by atoms with van der Waals surface area (Å²) >= 11 is 0. The standard InChI is InChI=1S/C19H29N3O5/c1-13(2)12-16(19(25)26)22-18(24)15(7-3-4-10-20)21-17(23)9-8-14-6-5-11-27-14/h5-6,8-9,11,13,15-16H,3-4,7,10,12,20H2,1-2H3,(H,21,23)(H,22,24)(H,25,26)/b9-8+/t15-,16-/m0/s1. The molecule has 1 aromatic rings. The van der Waals surface area contributed by atoms with E-state index in [0.717, 1.165) is 13.0 Å². The van der Waals surface area contributed by atoms with Crippen LogP contribution in [0.2, 0.25) is 0 Å². The highest BCUT2D eigenvalue weighted by atomic mass is 16.4. The van der Waals surface area contributed by atoms with Gasteiger partial charge in [-0.3, -0.25) is 9.59 Å². The maximum atomic E-state index is 12.5. The third kappa shape index (κ3) is 9.05. The number of furan rings is 1. The van der Waals surface area contributed by atoms with Crippen LogP contribution >= 0.6 is 0 Å². The first-order valence-corrected chi connectivity index (χ1v) is 9.16. The van der Waals surface area contributed by atoms with Gasteiger partial charge in [0.1, 0.15) is 11.8 Å². The molecule has 0 aliphatic heterocycles. The summed E-state index contributed by atoms with van der Waals surface area (Å²) in [6.07, 6.45) is 6.38. The Morgan fingerprint density at radius 1 is 1.22 bits per heavy atom. The van der Waals surface area contributed by atoms with Crippen LogP contribution in [0.4, 0.5) is 0 Å². The van der Waals surface area contributed by atoms with Crippen molar-refractivity contribution in [3.05, 3.63) is 30.2 Å². The number of nitrogens with one attached hydrogen (secondary N) is 2. The fourth-order valence-electron chi connectivity index (χ4n) is 2.52. The molecule has 5 N–H and O–H groups in total. The smallest absolute Gasteiger partial charge is 0.244 e. The Morgan fingerprint density at radius 2 is 1.96 bits per heavy atom. The van der Waals surface area contributed by atoms with Gasteiger partial charge in [-0.2, -0.15) is 0 Å². The van der Waals surface area contributed by atoms with Crippen molar-refractivity contribution in [1.82, 2.24) is 10.6 Å². The van der Waals surface area contributed by atoms with Crippen molar-refractivity contribution in [2.45, 2.75) is 51.6 Å². The van der Waals surface area contributed by atoms with Crippen LogP contribution in [0.25, 0.3) is 6.08 Å². The van der Waals surface area contributed by atoms with E-state index in [1.54, 1.807) is 12.1 Å². The normalized spacial score (nSPS) is 13.5. The predicted molar refractivity (Wildman–Crippen MR) is 97.7 cm³/mol. The Kier molecular flexibility index (Phi) is 9.89. The zero-order valence-electron chi connectivity index (χ0n) is 15.9. The summed E-state index contributed by atoms with van der Waals surface area (Å²) in [5, 5.41) is 16.4. The lowest BCUT2D eigenvalue weighted by Crippen LogP contribution is -2.54. The van der Waals surface area contributed by atoms with Crippen molar-refractivity contribution in [3.63, 3.8) is 0 Å². The number of hydrogen-bond acceptors (Lipinski definition) is 5. The summed E-state index contributed by atoms with van der Waals surface area (Å²) in [7, 11) is 0. The van der Waals surface area contributed by atoms with Gasteiger partial charge in [0.2, 0.25) is 11.8 Å². The first kappa shape index (κ1) is 22.4. The highest BCUT2D eigenvalue weighted by Crippen LogP contribution is 2.07. The number of carboxylic acids is 1. The number of unbranched alkanes of at least 4 members (excludes halogenated alkanes) is 1. The first-order chi connectivity index (χ1) is 12.8. The highest BCUT2D eigenvalue weighted by molar-refractivity contribution is 5.96. The molecule has 8 nitrogen and oxygen atoms in total. The molecule has 0 saturated heterocycles. The molecule has 0 aliphatic carbocycles. The number of aliphatic carboxylic acids is 1. The second-order valence-corrected chi connectivity index (χ2v) is 6.77. The first-order valence-electron chi connectivity index (χ1n) is 9.16. The molecule has 8 heteroatoms. The van der Waals surface area contributed by atoms with Gasteiger partial charge in [-0.25, -0.2) is 0 Å². The van der Waals surface area contributed by atoms with Crippen LogP contribution in [0.15, 0.2) is 28.9 Å². The topological polar surface area (TPSA) is 139 Å². The molecule has 1 rings (SSSR count). The quantitative estimate of drug-likeness (QED) is 0.331. The van der Waals surface area contributed by atoms with Crippen molar-refractivity contribution in [2.75, 3.05) is 6.54 Å². The Balaban J connectivity index is 2.74. The fourth-order valence-corrected chi connectivity index (χ4v) is 2.52. The lowest BCUT2D eigenvalue weighted by Gasteiger charge is -2.25. The summed E-state index contributed by atoms with van der Waals surface area (Å²) in [6, 6.07) is 1.46. The summed E-state index contributed by atoms with van der Waals surface area (Å²) in [5.41, 5.74) is 3.76. The van der Waals surface area contributed by atoms with Gasteiger partial charge >= 0.3 is 0 Å². The number of amides is 2. The molecule has 27 heavy (non-hydrogen) atoms. The summed E-state index contributed by atoms with van der Waals surface area (Å²) < 4.78 is 5.11. The third-order valence-electron chi connectivity index (χ3n) is 3.88. The van der Waals surface area contributed by atoms with Gasteiger partial charge in [0, 0.05) is 6.08 Å². The van der Waals surface area contributed by atoms with Crippen LogP contribution in [-0.4, -0.2) is 36.4 Å². The molecule has 0 spiro atoms. The average Bonchev–Trinajstić information content (AvgIpc) is 3.11. The SMILES string of the molecule is CC(C)C[C@H](NC(=O)[C@H](CCCC[NH3+])NC(=O)/C=C/c1ccco1)C(=O)[O-]. The van der Waals surface area contributed by atoms with Crippen LogP contribution in [0.1, 0.15) is 45.3 Å². The Morgan fingerprint density at radius 3 is 2.52 bits per heavy atom. The van der Waals surface area contributed by atoms with Gasteiger partial charge in [0.15, 0.2) is 0 Å². The number of carbonyl (C=O) groups excluding carboxylic acids is 3. The Labute approximate surface area is 159 Å². The Hall–Kier alpha value is -2.61. The number of carbonyl (C=O) groups is 3. The van der Waals surface area contributed by atoms with Gasteiger partial charge in [-0.1, -0.05) is 13.8 Å². The van der Waals surface area contributed by atoms with E-state index in [9.17, 15) is 19.5 Å². The number of rotatable bonds is 12. The molecule has 1 aromatic heterocycles. The summed E-state index contributed by atoms with van der Waals surface area (Å²) in [4.78, 5) is 35.9. The average molecular weight is 379 g/mol. The van der Waals surface area contributed by atoms with Gasteiger partial charge < -0.3 is 30.7 Å². The van der Waals surface area contributed by atoms with Crippen molar-refractivity contribution in [1.29, 1.82) is 0 Å². The molecule has 0 saturated carbocycles. The molecule has 150 valence electrons. The lowest BCUT2D eigenvalue weighted by atomic mass is 10.0. The van der Waals surface area contributed by atoms with Gasteiger partial charge in [0.05, 0.1) is 24.8 Å². The van der Waals surface area contributed by atoms with E-state index >= 15 is 0 Å². The Bertz CT molecular complexity index is 625. The van der Waals surface area contributed by atoms with Crippen LogP contribution < -0.4 is 21.5 Å². The number of quaternary nitrogens is 1. The maximum absolute atomic E-state index is 12.5. The molecule has 0 aliphatic rings. The molecule has 2 amide bonds. The molecule has 0 fully saturated rings. The van der Waals surface area contributed by atoms with E-state index in [2.05, 4.69) is 16.4 Å². The predicted octanol–water partition coefficient (Wildman–Crippen LogP) is -0.529. The fraction of sp³-hybridized carbons (Fsp3) is 0.526. The minimum absolute atomic E-state index is 0.0728. The van der Waals surface area contributed by atoms with Crippen molar-refractivity contribution >= 4 is 23.9 Å². The van der Waals surface area contributed by atoms with E-state index in [1.807, 2.05) is 13.8 Å². The van der Waals surface area contributed by atoms with Crippen molar-refractivity contribution < 1.29 is 29.6 Å². The van der Waals surface area contributed by atoms with E-state index in [4.69, 9.17) is 4.42 Å². The maximum Gasteiger partial charge on any atom is 0.244 e. The van der Waals surface area contributed by atoms with E-state index in [0.29, 0.717) is 18.6 Å². The summed E-state index contributed by atoms with van der Waals surface area (Å²) in [5.74, 6) is -1.75. The lowest BCUT2D eigenvalue weighted by molar-refractivity contribution is -0.368. The van der Waals surface area contributed by atoms with Gasteiger partial charge in [-0.15, -0.1) is 0 Å². The molecule has 0 unspecified atom stereocenters. The largest absolute Gasteiger partial charge is 0.548 e. The molecule has 0 bridgehead atoms. The van der Waals surface area contributed by atoms with Gasteiger partial charge in [-0.05, 0) is 49.8 Å². The summed E-state index contributed by atoms with van der Waals surface area (Å²) in [6.45, 7) is 4.43. The van der Waals surface area contributed by atoms with Crippen LogP contribution in [-0.2, 0) is 14.4 Å². The molecule has 1 heterocycles. The highest BCUT2D eigenvalue weighted by Gasteiger charge is 2.23. The van der Waals surface area contributed by atoms with Gasteiger partial charge in [0.25, 0.3) is 0 Å². The monoisotopic (exact) mass is 379 g/mol. The molecule has 0 aromatic carbocycles. The van der Waals surface area contributed by atoms with Crippen LogP contribution in [0, 0.1) is 5.92 Å². The molecular formula is C19H29N3O5. The van der Waals surface area contributed by atoms with Crippen molar-refractivity contribution in [3.8, 4) is 0 Å². The second kappa shape index (κ2) is 11.9. The van der Waals surface area contributed by atoms with E-state index < -0.39 is 29.9 Å².